The normalized spacial score (nSPS) is 9.89. The molecule has 0 aliphatic carbocycles. The Bertz CT molecular complexity index is 524. The van der Waals surface area contributed by atoms with Crippen molar-refractivity contribution < 1.29 is 9.90 Å². The Morgan fingerprint density at radius 1 is 1.00 bits per heavy atom. The average molecular weight is 256 g/mol. The topological polar surface area (TPSA) is 61.4 Å². The van der Waals surface area contributed by atoms with Gasteiger partial charge in [-0.15, -0.1) is 0 Å². The fourth-order valence-electron chi connectivity index (χ4n) is 1.62. The molecule has 0 aliphatic heterocycles. The summed E-state index contributed by atoms with van der Waals surface area (Å²) in [4.78, 5) is 11.6. The Labute approximate surface area is 112 Å². The quantitative estimate of drug-likeness (QED) is 0.768. The third kappa shape index (κ3) is 4.35. The van der Waals surface area contributed by atoms with Gasteiger partial charge in [0.2, 0.25) is 5.91 Å². The van der Waals surface area contributed by atoms with E-state index in [2.05, 4.69) is 10.6 Å². The van der Waals surface area contributed by atoms with E-state index in [4.69, 9.17) is 5.11 Å². The standard InChI is InChI=1S/C15H16N2O2/c18-14-8-6-12(7-9-14)10-17-15(19)11-16-13-4-2-1-3-5-13/h1-9,16,18H,10-11H2,(H,17,19). The molecule has 0 unspecified atom stereocenters. The van der Waals surface area contributed by atoms with Gasteiger partial charge >= 0.3 is 0 Å². The van der Waals surface area contributed by atoms with E-state index >= 15 is 0 Å². The number of nitrogens with one attached hydrogen (secondary N) is 2. The van der Waals surface area contributed by atoms with Crippen LogP contribution in [-0.4, -0.2) is 17.6 Å². The first-order valence-electron chi connectivity index (χ1n) is 6.07. The van der Waals surface area contributed by atoms with Gasteiger partial charge < -0.3 is 15.7 Å². The molecule has 0 aliphatic rings. The van der Waals surface area contributed by atoms with Gasteiger partial charge in [0, 0.05) is 12.2 Å². The lowest BCUT2D eigenvalue weighted by molar-refractivity contribution is -0.119. The van der Waals surface area contributed by atoms with E-state index in [0.717, 1.165) is 11.3 Å². The Balaban J connectivity index is 1.74. The van der Waals surface area contributed by atoms with E-state index in [1.54, 1.807) is 24.3 Å². The van der Waals surface area contributed by atoms with E-state index in [-0.39, 0.29) is 18.2 Å². The van der Waals surface area contributed by atoms with Crippen molar-refractivity contribution in [2.45, 2.75) is 6.54 Å². The van der Waals surface area contributed by atoms with Gasteiger partial charge in [0.05, 0.1) is 6.54 Å². The largest absolute Gasteiger partial charge is 0.508 e. The minimum Gasteiger partial charge on any atom is -0.508 e. The summed E-state index contributed by atoms with van der Waals surface area (Å²) in [7, 11) is 0. The Morgan fingerprint density at radius 3 is 2.37 bits per heavy atom. The molecule has 0 atom stereocenters. The smallest absolute Gasteiger partial charge is 0.239 e. The van der Waals surface area contributed by atoms with E-state index in [9.17, 15) is 4.79 Å². The summed E-state index contributed by atoms with van der Waals surface area (Å²) in [5.41, 5.74) is 1.87. The van der Waals surface area contributed by atoms with Crippen molar-refractivity contribution in [3.05, 3.63) is 60.2 Å². The van der Waals surface area contributed by atoms with Gasteiger partial charge in [-0.2, -0.15) is 0 Å². The van der Waals surface area contributed by atoms with Crippen LogP contribution in [0.4, 0.5) is 5.69 Å². The molecule has 1 amide bonds. The van der Waals surface area contributed by atoms with Crippen molar-refractivity contribution in [2.75, 3.05) is 11.9 Å². The molecule has 2 aromatic carbocycles. The first-order valence-corrected chi connectivity index (χ1v) is 6.07. The number of benzene rings is 2. The molecule has 0 aromatic heterocycles. The van der Waals surface area contributed by atoms with Crippen LogP contribution in [0, 0.1) is 0 Å². The fourth-order valence-corrected chi connectivity index (χ4v) is 1.62. The van der Waals surface area contributed by atoms with Gasteiger partial charge in [-0.05, 0) is 29.8 Å². The van der Waals surface area contributed by atoms with Crippen LogP contribution in [0.25, 0.3) is 0 Å². The second-order valence-corrected chi connectivity index (χ2v) is 4.16. The van der Waals surface area contributed by atoms with Crippen LogP contribution in [0.5, 0.6) is 5.75 Å². The number of carbonyl (C=O) groups is 1. The molecule has 4 nitrogen and oxygen atoms in total. The lowest BCUT2D eigenvalue weighted by atomic mass is 10.2. The minimum absolute atomic E-state index is 0.0723. The van der Waals surface area contributed by atoms with Crippen molar-refractivity contribution in [3.8, 4) is 5.75 Å². The number of hydrogen-bond acceptors (Lipinski definition) is 3. The number of anilines is 1. The van der Waals surface area contributed by atoms with Gasteiger partial charge in [0.15, 0.2) is 0 Å². The third-order valence-corrected chi connectivity index (χ3v) is 2.65. The zero-order valence-corrected chi connectivity index (χ0v) is 10.5. The molecule has 98 valence electrons. The molecule has 0 fully saturated rings. The minimum atomic E-state index is -0.0723. The first kappa shape index (κ1) is 13.0. The maximum atomic E-state index is 11.6. The average Bonchev–Trinajstić information content (AvgIpc) is 2.45. The van der Waals surface area contributed by atoms with Crippen molar-refractivity contribution in [1.29, 1.82) is 0 Å². The van der Waals surface area contributed by atoms with Crippen LogP contribution in [-0.2, 0) is 11.3 Å². The number of phenols is 1. The predicted octanol–water partition coefficient (Wildman–Crippen LogP) is 2.12. The molecule has 0 heterocycles. The summed E-state index contributed by atoms with van der Waals surface area (Å²) in [5, 5.41) is 15.0. The molecular weight excluding hydrogens is 240 g/mol. The number of phenolic OH excluding ortho intramolecular Hbond substituents is 1. The molecule has 0 saturated carbocycles. The molecule has 0 bridgehead atoms. The van der Waals surface area contributed by atoms with Crippen LogP contribution in [0.1, 0.15) is 5.56 Å². The van der Waals surface area contributed by atoms with Crippen LogP contribution in [0.3, 0.4) is 0 Å². The molecule has 0 radical (unpaired) electrons. The SMILES string of the molecule is O=C(CNc1ccccc1)NCc1ccc(O)cc1. The van der Waals surface area contributed by atoms with Crippen molar-refractivity contribution in [2.24, 2.45) is 0 Å². The molecule has 0 saturated heterocycles. The molecule has 19 heavy (non-hydrogen) atoms. The second-order valence-electron chi connectivity index (χ2n) is 4.16. The molecular formula is C15H16N2O2. The van der Waals surface area contributed by atoms with Crippen molar-refractivity contribution in [1.82, 2.24) is 5.32 Å². The monoisotopic (exact) mass is 256 g/mol. The number of aromatic hydroxyl groups is 1. The number of rotatable bonds is 5. The Hall–Kier alpha value is -2.49. The Morgan fingerprint density at radius 2 is 1.68 bits per heavy atom. The molecule has 4 heteroatoms. The third-order valence-electron chi connectivity index (χ3n) is 2.65. The Kier molecular flexibility index (Phi) is 4.39. The number of para-hydroxylation sites is 1. The maximum Gasteiger partial charge on any atom is 0.239 e. The number of hydrogen-bond donors (Lipinski definition) is 3. The summed E-state index contributed by atoms with van der Waals surface area (Å²) in [6, 6.07) is 16.3. The highest BCUT2D eigenvalue weighted by Crippen LogP contribution is 2.09. The number of amides is 1. The number of carbonyl (C=O) groups excluding carboxylic acids is 1. The summed E-state index contributed by atoms with van der Waals surface area (Å²) in [6.45, 7) is 0.692. The van der Waals surface area contributed by atoms with E-state index in [1.165, 1.54) is 0 Å². The lowest BCUT2D eigenvalue weighted by Crippen LogP contribution is -2.29. The highest BCUT2D eigenvalue weighted by Gasteiger charge is 2.01. The summed E-state index contributed by atoms with van der Waals surface area (Å²) >= 11 is 0. The van der Waals surface area contributed by atoms with Crippen LogP contribution in [0.15, 0.2) is 54.6 Å². The maximum absolute atomic E-state index is 11.6. The van der Waals surface area contributed by atoms with Gasteiger partial charge in [0.1, 0.15) is 5.75 Å². The van der Waals surface area contributed by atoms with Crippen molar-refractivity contribution >= 4 is 11.6 Å². The van der Waals surface area contributed by atoms with Crippen LogP contribution in [0.2, 0.25) is 0 Å². The molecule has 0 spiro atoms. The van der Waals surface area contributed by atoms with Gasteiger partial charge in [-0.3, -0.25) is 4.79 Å². The van der Waals surface area contributed by atoms with Crippen LogP contribution < -0.4 is 10.6 Å². The van der Waals surface area contributed by atoms with Gasteiger partial charge in [-0.25, -0.2) is 0 Å². The first-order chi connectivity index (χ1) is 9.24. The summed E-state index contributed by atoms with van der Waals surface area (Å²) in [6.07, 6.45) is 0. The highest BCUT2D eigenvalue weighted by molar-refractivity contribution is 5.80. The predicted molar refractivity (Wildman–Crippen MR) is 74.9 cm³/mol. The lowest BCUT2D eigenvalue weighted by Gasteiger charge is -2.07. The van der Waals surface area contributed by atoms with E-state index in [1.807, 2.05) is 30.3 Å². The molecule has 2 rings (SSSR count). The van der Waals surface area contributed by atoms with Gasteiger partial charge in [0.25, 0.3) is 0 Å². The molecule has 3 N–H and O–H groups in total. The summed E-state index contributed by atoms with van der Waals surface area (Å²) < 4.78 is 0. The van der Waals surface area contributed by atoms with Gasteiger partial charge in [-0.1, -0.05) is 30.3 Å². The fraction of sp³-hybridized carbons (Fsp3) is 0.133. The van der Waals surface area contributed by atoms with E-state index in [0.29, 0.717) is 6.54 Å². The van der Waals surface area contributed by atoms with Crippen molar-refractivity contribution in [3.63, 3.8) is 0 Å². The zero-order valence-electron chi connectivity index (χ0n) is 10.5. The summed E-state index contributed by atoms with van der Waals surface area (Å²) in [5.74, 6) is 0.151. The van der Waals surface area contributed by atoms with E-state index < -0.39 is 0 Å². The molecule has 2 aromatic rings. The zero-order chi connectivity index (χ0) is 13.5. The van der Waals surface area contributed by atoms with Crippen LogP contribution >= 0.6 is 0 Å². The highest BCUT2D eigenvalue weighted by atomic mass is 16.3. The second kappa shape index (κ2) is 6.44.